The fraction of sp³-hybridized carbons (Fsp3) is 0.250. The molecule has 2 aromatic rings. The van der Waals surface area contributed by atoms with Crippen LogP contribution in [0.3, 0.4) is 0 Å². The number of benzene rings is 2. The van der Waals surface area contributed by atoms with Crippen LogP contribution in [0.1, 0.15) is 11.1 Å². The van der Waals surface area contributed by atoms with Crippen LogP contribution >= 0.6 is 34.5 Å². The van der Waals surface area contributed by atoms with Crippen molar-refractivity contribution in [1.29, 1.82) is 0 Å². The van der Waals surface area contributed by atoms with Crippen molar-refractivity contribution in [3.8, 4) is 11.5 Å². The molecule has 0 amide bonds. The van der Waals surface area contributed by atoms with E-state index in [-0.39, 0.29) is 0 Å². The van der Waals surface area contributed by atoms with Gasteiger partial charge in [0.25, 0.3) is 0 Å². The van der Waals surface area contributed by atoms with Crippen LogP contribution in [-0.2, 0) is 8.86 Å². The van der Waals surface area contributed by atoms with Gasteiger partial charge in [-0.3, -0.25) is 0 Å². The summed E-state index contributed by atoms with van der Waals surface area (Å²) in [6.07, 6.45) is 0. The van der Waals surface area contributed by atoms with E-state index in [1.807, 2.05) is 24.3 Å². The summed E-state index contributed by atoms with van der Waals surface area (Å²) < 4.78 is 12.8. The van der Waals surface area contributed by atoms with Crippen LogP contribution in [0.15, 0.2) is 48.5 Å². The van der Waals surface area contributed by atoms with E-state index in [1.54, 1.807) is 14.2 Å². The molecular weight excluding hydrogens is 478 g/mol. The van der Waals surface area contributed by atoms with E-state index >= 15 is 0 Å². The fourth-order valence-corrected chi connectivity index (χ4v) is 9.48. The van der Waals surface area contributed by atoms with Crippen molar-refractivity contribution >= 4 is 34.5 Å². The molecule has 0 unspecified atom stereocenters. The SMILES string of the molecule is COc1ccc(CI(I)Cc2ccc(OC)cc2)cc1. The molecule has 108 valence electrons. The van der Waals surface area contributed by atoms with Gasteiger partial charge in [0.05, 0.1) is 0 Å². The molecule has 0 aliphatic rings. The Morgan fingerprint density at radius 3 is 1.40 bits per heavy atom. The van der Waals surface area contributed by atoms with Crippen LogP contribution in [0.25, 0.3) is 0 Å². The second-order valence-electron chi connectivity index (χ2n) is 4.35. The molecule has 0 aliphatic carbocycles. The van der Waals surface area contributed by atoms with Crippen LogP contribution < -0.4 is 9.47 Å². The molecule has 0 bridgehead atoms. The summed E-state index contributed by atoms with van der Waals surface area (Å²) in [7, 11) is 3.41. The zero-order chi connectivity index (χ0) is 14.4. The van der Waals surface area contributed by atoms with Crippen LogP contribution in [0, 0.1) is 0 Å². The van der Waals surface area contributed by atoms with E-state index in [0.29, 0.717) is 0 Å². The summed E-state index contributed by atoms with van der Waals surface area (Å²) in [6.45, 7) is 0. The van der Waals surface area contributed by atoms with Crippen molar-refractivity contribution < 1.29 is 9.47 Å². The first-order valence-corrected chi connectivity index (χ1v) is 15.6. The predicted octanol–water partition coefficient (Wildman–Crippen LogP) is 5.26. The Bertz CT molecular complexity index is 474. The average molecular weight is 496 g/mol. The maximum absolute atomic E-state index is 5.19. The molecule has 2 nitrogen and oxygen atoms in total. The Labute approximate surface area is 137 Å². The second kappa shape index (κ2) is 8.07. The normalized spacial score (nSPS) is 11.1. The van der Waals surface area contributed by atoms with Gasteiger partial charge in [-0.15, -0.1) is 0 Å². The van der Waals surface area contributed by atoms with Crippen molar-refractivity contribution in [2.24, 2.45) is 0 Å². The Kier molecular flexibility index (Phi) is 6.41. The van der Waals surface area contributed by atoms with Gasteiger partial charge in [-0.1, -0.05) is 0 Å². The van der Waals surface area contributed by atoms with Gasteiger partial charge in [-0.2, -0.15) is 0 Å². The molecule has 0 fully saturated rings. The van der Waals surface area contributed by atoms with Gasteiger partial charge < -0.3 is 0 Å². The molecule has 20 heavy (non-hydrogen) atoms. The van der Waals surface area contributed by atoms with E-state index in [9.17, 15) is 0 Å². The standard InChI is InChI=1S/C16H18I2O2/c1-19-15-7-3-13(4-8-15)11-18(17)12-14-5-9-16(20-2)10-6-14/h3-10H,11-12H2,1-2H3. The molecule has 0 atom stereocenters. The van der Waals surface area contributed by atoms with Crippen molar-refractivity contribution in [3.63, 3.8) is 0 Å². The number of halogens is 2. The summed E-state index contributed by atoms with van der Waals surface area (Å²) in [5, 5.41) is 0. The van der Waals surface area contributed by atoms with Gasteiger partial charge in [-0.05, 0) is 0 Å². The summed E-state index contributed by atoms with van der Waals surface area (Å²) >= 11 is 1.68. The van der Waals surface area contributed by atoms with E-state index < -0.39 is 15.8 Å². The topological polar surface area (TPSA) is 18.5 Å². The first kappa shape index (κ1) is 15.9. The molecule has 2 rings (SSSR count). The first-order chi connectivity index (χ1) is 9.71. The molecule has 2 aromatic carbocycles. The van der Waals surface area contributed by atoms with Gasteiger partial charge in [0.15, 0.2) is 0 Å². The summed E-state index contributed by atoms with van der Waals surface area (Å²) in [6, 6.07) is 16.9. The van der Waals surface area contributed by atoms with Gasteiger partial charge >= 0.3 is 138 Å². The van der Waals surface area contributed by atoms with Crippen LogP contribution in [0.4, 0.5) is 0 Å². The van der Waals surface area contributed by atoms with E-state index in [2.05, 4.69) is 42.9 Å². The summed E-state index contributed by atoms with van der Waals surface area (Å²) in [5.74, 6) is 1.86. The number of alkyl halides is 2. The molecule has 4 heteroatoms. The third-order valence-corrected chi connectivity index (χ3v) is 10.2. The third-order valence-electron chi connectivity index (χ3n) is 2.92. The fourth-order valence-electron chi connectivity index (χ4n) is 1.81. The molecule has 0 radical (unpaired) electrons. The van der Waals surface area contributed by atoms with E-state index in [0.717, 1.165) is 11.5 Å². The van der Waals surface area contributed by atoms with Crippen LogP contribution in [0.5, 0.6) is 11.5 Å². The quantitative estimate of drug-likeness (QED) is 0.402. The molecule has 0 saturated heterocycles. The van der Waals surface area contributed by atoms with Crippen molar-refractivity contribution in [1.82, 2.24) is 0 Å². The molecule has 0 aromatic heterocycles. The number of hydrogen-bond donors (Lipinski definition) is 0. The van der Waals surface area contributed by atoms with Crippen molar-refractivity contribution in [2.75, 3.05) is 14.2 Å². The van der Waals surface area contributed by atoms with Crippen molar-refractivity contribution in [2.45, 2.75) is 8.86 Å². The number of ether oxygens (including phenoxy) is 2. The minimum atomic E-state index is -0.995. The number of methoxy groups -OCH3 is 2. The Morgan fingerprint density at radius 2 is 1.10 bits per heavy atom. The Balaban J connectivity index is 1.91. The maximum atomic E-state index is 5.19. The molecule has 0 heterocycles. The van der Waals surface area contributed by atoms with Crippen molar-refractivity contribution in [3.05, 3.63) is 59.7 Å². The van der Waals surface area contributed by atoms with Gasteiger partial charge in [0.1, 0.15) is 0 Å². The Hall–Kier alpha value is -0.500. The molecular formula is C16H18I2O2. The monoisotopic (exact) mass is 496 g/mol. The van der Waals surface area contributed by atoms with Gasteiger partial charge in [0, 0.05) is 0 Å². The zero-order valence-corrected chi connectivity index (χ0v) is 15.9. The van der Waals surface area contributed by atoms with Crippen LogP contribution in [-0.4, -0.2) is 14.2 Å². The van der Waals surface area contributed by atoms with Crippen LogP contribution in [0.2, 0.25) is 0 Å². The molecule has 0 spiro atoms. The second-order valence-corrected chi connectivity index (χ2v) is 15.8. The third kappa shape index (κ3) is 4.80. The summed E-state index contributed by atoms with van der Waals surface area (Å²) in [5.41, 5.74) is 2.83. The zero-order valence-electron chi connectivity index (χ0n) is 11.6. The molecule has 0 saturated carbocycles. The molecule has 0 N–H and O–H groups in total. The Morgan fingerprint density at radius 1 is 0.750 bits per heavy atom. The predicted molar refractivity (Wildman–Crippen MR) is 101 cm³/mol. The van der Waals surface area contributed by atoms with E-state index in [4.69, 9.17) is 9.47 Å². The number of rotatable bonds is 6. The van der Waals surface area contributed by atoms with Gasteiger partial charge in [0.2, 0.25) is 0 Å². The first-order valence-electron chi connectivity index (χ1n) is 6.25. The number of hydrogen-bond acceptors (Lipinski definition) is 2. The average Bonchev–Trinajstić information content (AvgIpc) is 2.49. The van der Waals surface area contributed by atoms with E-state index in [1.165, 1.54) is 20.0 Å². The van der Waals surface area contributed by atoms with Gasteiger partial charge in [-0.25, -0.2) is 0 Å². The summed E-state index contributed by atoms with van der Waals surface area (Å²) in [4.78, 5) is 0. The molecule has 0 aliphatic heterocycles. The minimum absolute atomic E-state index is 0.928.